The monoisotopic (exact) mass is 414 g/mol. The fourth-order valence-electron chi connectivity index (χ4n) is 3.47. The van der Waals surface area contributed by atoms with Crippen molar-refractivity contribution in [3.63, 3.8) is 0 Å². The summed E-state index contributed by atoms with van der Waals surface area (Å²) in [6, 6.07) is 16.1. The molecule has 28 heavy (non-hydrogen) atoms. The molecule has 0 aliphatic carbocycles. The SMILES string of the molecule is CC(c1nc2ccccc2s1)N1CCN(C(=O)NCc2cccc(Cl)c2)CC1. The van der Waals surface area contributed by atoms with Crippen LogP contribution in [0, 0.1) is 0 Å². The van der Waals surface area contributed by atoms with Gasteiger partial charge in [-0.1, -0.05) is 35.9 Å². The summed E-state index contributed by atoms with van der Waals surface area (Å²) >= 11 is 7.75. The smallest absolute Gasteiger partial charge is 0.317 e. The van der Waals surface area contributed by atoms with Gasteiger partial charge in [-0.05, 0) is 36.8 Å². The number of fused-ring (bicyclic) bond motifs is 1. The van der Waals surface area contributed by atoms with Gasteiger partial charge in [0, 0.05) is 37.7 Å². The molecule has 3 aromatic rings. The summed E-state index contributed by atoms with van der Waals surface area (Å²) in [7, 11) is 0. The Labute approximate surface area is 173 Å². The van der Waals surface area contributed by atoms with Crippen LogP contribution in [0.3, 0.4) is 0 Å². The molecule has 1 aromatic heterocycles. The third kappa shape index (κ3) is 4.29. The summed E-state index contributed by atoms with van der Waals surface area (Å²) in [6.45, 7) is 5.82. The van der Waals surface area contributed by atoms with Crippen LogP contribution in [0.5, 0.6) is 0 Å². The molecule has 0 bridgehead atoms. The molecule has 1 N–H and O–H groups in total. The van der Waals surface area contributed by atoms with E-state index in [1.807, 2.05) is 35.2 Å². The average Bonchev–Trinajstić information content (AvgIpc) is 3.16. The first-order chi connectivity index (χ1) is 13.6. The normalized spacial score (nSPS) is 16.3. The fourth-order valence-corrected chi connectivity index (χ4v) is 4.74. The van der Waals surface area contributed by atoms with Crippen molar-refractivity contribution >= 4 is 39.2 Å². The van der Waals surface area contributed by atoms with E-state index in [-0.39, 0.29) is 12.1 Å². The van der Waals surface area contributed by atoms with Gasteiger partial charge in [-0.3, -0.25) is 4.90 Å². The van der Waals surface area contributed by atoms with Crippen LogP contribution in [0.25, 0.3) is 10.2 Å². The minimum absolute atomic E-state index is 0.0211. The van der Waals surface area contributed by atoms with Crippen molar-refractivity contribution in [2.75, 3.05) is 26.2 Å². The maximum Gasteiger partial charge on any atom is 0.317 e. The van der Waals surface area contributed by atoms with Crippen molar-refractivity contribution in [1.29, 1.82) is 0 Å². The van der Waals surface area contributed by atoms with E-state index >= 15 is 0 Å². The van der Waals surface area contributed by atoms with E-state index in [0.29, 0.717) is 11.6 Å². The zero-order valence-electron chi connectivity index (χ0n) is 15.8. The molecular weight excluding hydrogens is 392 g/mol. The third-order valence-corrected chi connectivity index (χ3v) is 6.59. The number of halogens is 1. The Bertz CT molecular complexity index is 935. The standard InChI is InChI=1S/C21H23ClN4OS/c1-15(20-24-18-7-2-3-8-19(18)28-20)25-9-11-26(12-10-25)21(27)23-14-16-5-4-6-17(22)13-16/h2-8,13,15H,9-12,14H2,1H3,(H,23,27). The Kier molecular flexibility index (Phi) is 5.80. The van der Waals surface area contributed by atoms with Gasteiger partial charge < -0.3 is 10.2 Å². The van der Waals surface area contributed by atoms with Gasteiger partial charge in [-0.15, -0.1) is 11.3 Å². The number of amides is 2. The lowest BCUT2D eigenvalue weighted by atomic mass is 10.2. The molecule has 7 heteroatoms. The number of carbonyl (C=O) groups excluding carboxylic acids is 1. The van der Waals surface area contributed by atoms with Crippen molar-refractivity contribution < 1.29 is 4.79 Å². The molecule has 2 aromatic carbocycles. The topological polar surface area (TPSA) is 48.5 Å². The van der Waals surface area contributed by atoms with Crippen LogP contribution in [0.15, 0.2) is 48.5 Å². The molecule has 1 aliphatic heterocycles. The Morgan fingerprint density at radius 2 is 1.96 bits per heavy atom. The molecule has 1 unspecified atom stereocenters. The molecule has 5 nitrogen and oxygen atoms in total. The lowest BCUT2D eigenvalue weighted by Gasteiger charge is -2.37. The first-order valence-electron chi connectivity index (χ1n) is 9.47. The molecule has 0 saturated carbocycles. The van der Waals surface area contributed by atoms with Crippen molar-refractivity contribution in [2.45, 2.75) is 19.5 Å². The van der Waals surface area contributed by atoms with E-state index in [0.717, 1.165) is 42.3 Å². The molecule has 1 fully saturated rings. The van der Waals surface area contributed by atoms with Crippen LogP contribution >= 0.6 is 22.9 Å². The molecule has 0 spiro atoms. The quantitative estimate of drug-likeness (QED) is 0.681. The molecule has 1 aliphatic rings. The number of benzene rings is 2. The molecule has 146 valence electrons. The highest BCUT2D eigenvalue weighted by molar-refractivity contribution is 7.18. The third-order valence-electron chi connectivity index (χ3n) is 5.15. The van der Waals surface area contributed by atoms with Gasteiger partial charge in [0.05, 0.1) is 16.3 Å². The Morgan fingerprint density at radius 3 is 2.71 bits per heavy atom. The van der Waals surface area contributed by atoms with Crippen LogP contribution in [0.1, 0.15) is 23.5 Å². The van der Waals surface area contributed by atoms with Crippen LogP contribution in [0.2, 0.25) is 5.02 Å². The van der Waals surface area contributed by atoms with Crippen LogP contribution < -0.4 is 5.32 Å². The number of nitrogens with zero attached hydrogens (tertiary/aromatic N) is 3. The zero-order chi connectivity index (χ0) is 19.5. The van der Waals surface area contributed by atoms with Gasteiger partial charge in [0.25, 0.3) is 0 Å². The predicted octanol–water partition coefficient (Wildman–Crippen LogP) is 4.54. The number of para-hydroxylation sites is 1. The number of hydrogen-bond acceptors (Lipinski definition) is 4. The molecular formula is C21H23ClN4OS. The summed E-state index contributed by atoms with van der Waals surface area (Å²) in [5.74, 6) is 0. The van der Waals surface area contributed by atoms with Gasteiger partial charge in [-0.25, -0.2) is 9.78 Å². The first-order valence-corrected chi connectivity index (χ1v) is 10.7. The highest BCUT2D eigenvalue weighted by Gasteiger charge is 2.26. The first kappa shape index (κ1) is 19.2. The molecule has 1 atom stereocenters. The lowest BCUT2D eigenvalue weighted by Crippen LogP contribution is -2.52. The van der Waals surface area contributed by atoms with Gasteiger partial charge in [0.15, 0.2) is 0 Å². The van der Waals surface area contributed by atoms with Crippen molar-refractivity contribution in [1.82, 2.24) is 20.1 Å². The minimum Gasteiger partial charge on any atom is -0.334 e. The second kappa shape index (κ2) is 8.47. The van der Waals surface area contributed by atoms with Crippen molar-refractivity contribution in [2.24, 2.45) is 0 Å². The van der Waals surface area contributed by atoms with Gasteiger partial charge in [0.2, 0.25) is 0 Å². The highest BCUT2D eigenvalue weighted by atomic mass is 35.5. The van der Waals surface area contributed by atoms with Crippen molar-refractivity contribution in [3.8, 4) is 0 Å². The number of rotatable bonds is 4. The van der Waals surface area contributed by atoms with Gasteiger partial charge in [0.1, 0.15) is 5.01 Å². The minimum atomic E-state index is -0.0211. The van der Waals surface area contributed by atoms with Crippen LogP contribution in [0.4, 0.5) is 4.79 Å². The summed E-state index contributed by atoms with van der Waals surface area (Å²) in [5, 5.41) is 4.81. The number of thiazole rings is 1. The van der Waals surface area contributed by atoms with E-state index in [9.17, 15) is 4.79 Å². The van der Waals surface area contributed by atoms with E-state index < -0.39 is 0 Å². The molecule has 1 saturated heterocycles. The molecule has 4 rings (SSSR count). The number of carbonyl (C=O) groups is 1. The summed E-state index contributed by atoms with van der Waals surface area (Å²) < 4.78 is 1.23. The van der Waals surface area contributed by atoms with Crippen LogP contribution in [-0.2, 0) is 6.54 Å². The second-order valence-corrected chi connectivity index (χ2v) is 8.51. The number of aromatic nitrogens is 1. The Morgan fingerprint density at radius 1 is 1.18 bits per heavy atom. The number of nitrogens with one attached hydrogen (secondary N) is 1. The summed E-state index contributed by atoms with van der Waals surface area (Å²) in [5.41, 5.74) is 2.07. The summed E-state index contributed by atoms with van der Waals surface area (Å²) in [6.07, 6.45) is 0. The summed E-state index contributed by atoms with van der Waals surface area (Å²) in [4.78, 5) is 21.5. The maximum absolute atomic E-state index is 12.5. The largest absolute Gasteiger partial charge is 0.334 e. The molecule has 0 radical (unpaired) electrons. The van der Waals surface area contributed by atoms with Crippen LogP contribution in [-0.4, -0.2) is 47.0 Å². The average molecular weight is 415 g/mol. The number of hydrogen-bond donors (Lipinski definition) is 1. The van der Waals surface area contributed by atoms with E-state index in [1.165, 1.54) is 4.70 Å². The van der Waals surface area contributed by atoms with Crippen molar-refractivity contribution in [3.05, 3.63) is 64.1 Å². The molecule has 2 heterocycles. The van der Waals surface area contributed by atoms with Gasteiger partial charge in [-0.2, -0.15) is 0 Å². The Hall–Kier alpha value is -2.15. The van der Waals surface area contributed by atoms with E-state index in [4.69, 9.17) is 16.6 Å². The maximum atomic E-state index is 12.5. The predicted molar refractivity (Wildman–Crippen MR) is 115 cm³/mol. The second-order valence-electron chi connectivity index (χ2n) is 7.01. The fraction of sp³-hybridized carbons (Fsp3) is 0.333. The Balaban J connectivity index is 1.30. The number of piperazine rings is 1. The lowest BCUT2D eigenvalue weighted by molar-refractivity contribution is 0.114. The van der Waals surface area contributed by atoms with Gasteiger partial charge >= 0.3 is 6.03 Å². The molecule has 2 amide bonds. The van der Waals surface area contributed by atoms with E-state index in [1.54, 1.807) is 11.3 Å². The zero-order valence-corrected chi connectivity index (χ0v) is 17.3. The number of urea groups is 1. The highest BCUT2D eigenvalue weighted by Crippen LogP contribution is 2.29. The van der Waals surface area contributed by atoms with E-state index in [2.05, 4.69) is 35.3 Å².